The van der Waals surface area contributed by atoms with E-state index in [-0.39, 0.29) is 30.5 Å². The van der Waals surface area contributed by atoms with Gasteiger partial charge in [0, 0.05) is 37.4 Å². The molecular weight excluding hydrogens is 361 g/mol. The average molecular weight is 383 g/mol. The molecule has 0 radical (unpaired) electrons. The lowest BCUT2D eigenvalue weighted by atomic mass is 10.1. The third kappa shape index (κ3) is 3.84. The fraction of sp³-hybridized carbons (Fsp3) is 0.333. The molecule has 0 bridgehead atoms. The largest absolute Gasteiger partial charge is 0.378 e. The molecule has 2 aromatic rings. The van der Waals surface area contributed by atoms with Crippen LogP contribution >= 0.6 is 0 Å². The van der Waals surface area contributed by atoms with Crippen molar-refractivity contribution in [2.75, 3.05) is 48.0 Å². The standard InChI is InChI=1S/C21H22FN3O3/c22-18-3-1-2-4-19(18)25-14-15(13-20(25)26)21(27)23-16-5-7-17(8-6-16)24-9-11-28-12-10-24/h1-8,15H,9-14H2,(H,23,27)/t15-/m0/s1. The van der Waals surface area contributed by atoms with Gasteiger partial charge in [-0.05, 0) is 36.4 Å². The average Bonchev–Trinajstić information content (AvgIpc) is 3.11. The van der Waals surface area contributed by atoms with Gasteiger partial charge in [0.15, 0.2) is 0 Å². The zero-order chi connectivity index (χ0) is 19.5. The predicted octanol–water partition coefficient (Wildman–Crippen LogP) is 2.65. The first kappa shape index (κ1) is 18.4. The van der Waals surface area contributed by atoms with E-state index in [1.165, 1.54) is 11.0 Å². The Bertz CT molecular complexity index is 865. The molecule has 2 heterocycles. The van der Waals surface area contributed by atoms with E-state index in [9.17, 15) is 14.0 Å². The van der Waals surface area contributed by atoms with Gasteiger partial charge in [-0.1, -0.05) is 12.1 Å². The van der Waals surface area contributed by atoms with Gasteiger partial charge in [0.1, 0.15) is 5.82 Å². The van der Waals surface area contributed by atoms with E-state index in [1.54, 1.807) is 18.2 Å². The number of ether oxygens (including phenoxy) is 1. The summed E-state index contributed by atoms with van der Waals surface area (Å²) >= 11 is 0. The molecule has 0 spiro atoms. The van der Waals surface area contributed by atoms with E-state index in [4.69, 9.17) is 4.74 Å². The molecule has 2 saturated heterocycles. The molecule has 2 aromatic carbocycles. The van der Waals surface area contributed by atoms with Crippen LogP contribution in [0.5, 0.6) is 0 Å². The molecule has 4 rings (SSSR count). The summed E-state index contributed by atoms with van der Waals surface area (Å²) in [5.74, 6) is -1.44. The van der Waals surface area contributed by atoms with Crippen LogP contribution in [0.1, 0.15) is 6.42 Å². The molecule has 2 aliphatic heterocycles. The Morgan fingerprint density at radius 2 is 1.79 bits per heavy atom. The SMILES string of the molecule is O=C(Nc1ccc(N2CCOCC2)cc1)[C@H]1CC(=O)N(c2ccccc2F)C1. The van der Waals surface area contributed by atoms with Gasteiger partial charge in [0.2, 0.25) is 11.8 Å². The van der Waals surface area contributed by atoms with Crippen LogP contribution < -0.4 is 15.1 Å². The quantitative estimate of drug-likeness (QED) is 0.882. The lowest BCUT2D eigenvalue weighted by Crippen LogP contribution is -2.36. The minimum Gasteiger partial charge on any atom is -0.378 e. The summed E-state index contributed by atoms with van der Waals surface area (Å²) in [4.78, 5) is 28.5. The molecule has 2 fully saturated rings. The summed E-state index contributed by atoms with van der Waals surface area (Å²) in [6.45, 7) is 3.31. The van der Waals surface area contributed by atoms with Crippen LogP contribution in [-0.2, 0) is 14.3 Å². The number of carbonyl (C=O) groups excluding carboxylic acids is 2. The van der Waals surface area contributed by atoms with Crippen LogP contribution in [0.15, 0.2) is 48.5 Å². The molecule has 0 aliphatic carbocycles. The topological polar surface area (TPSA) is 61.9 Å². The first-order valence-electron chi connectivity index (χ1n) is 9.40. The van der Waals surface area contributed by atoms with Crippen LogP contribution in [0.3, 0.4) is 0 Å². The third-order valence-electron chi connectivity index (χ3n) is 5.15. The number of hydrogen-bond donors (Lipinski definition) is 1. The van der Waals surface area contributed by atoms with Crippen molar-refractivity contribution in [2.24, 2.45) is 5.92 Å². The maximum Gasteiger partial charge on any atom is 0.229 e. The second kappa shape index (κ2) is 7.98. The van der Waals surface area contributed by atoms with Gasteiger partial charge in [-0.2, -0.15) is 0 Å². The molecule has 7 heteroatoms. The number of nitrogens with one attached hydrogen (secondary N) is 1. The molecule has 0 saturated carbocycles. The normalized spacial score (nSPS) is 19.8. The summed E-state index contributed by atoms with van der Waals surface area (Å²) in [5.41, 5.74) is 1.99. The Hall–Kier alpha value is -2.93. The molecule has 0 unspecified atom stereocenters. The van der Waals surface area contributed by atoms with E-state index in [0.29, 0.717) is 18.9 Å². The molecule has 146 valence electrons. The lowest BCUT2D eigenvalue weighted by Gasteiger charge is -2.28. The van der Waals surface area contributed by atoms with Crippen LogP contribution in [0.25, 0.3) is 0 Å². The molecular formula is C21H22FN3O3. The fourth-order valence-corrected chi connectivity index (χ4v) is 3.61. The Balaban J connectivity index is 1.39. The zero-order valence-electron chi connectivity index (χ0n) is 15.4. The Morgan fingerprint density at radius 1 is 1.07 bits per heavy atom. The first-order valence-corrected chi connectivity index (χ1v) is 9.40. The van der Waals surface area contributed by atoms with Crippen LogP contribution in [0.2, 0.25) is 0 Å². The van der Waals surface area contributed by atoms with Crippen molar-refractivity contribution in [1.29, 1.82) is 0 Å². The minimum atomic E-state index is -0.508. The maximum atomic E-state index is 14.0. The van der Waals surface area contributed by atoms with Gasteiger partial charge < -0.3 is 19.9 Å². The number of rotatable bonds is 4. The molecule has 1 N–H and O–H groups in total. The predicted molar refractivity (Wildman–Crippen MR) is 105 cm³/mol. The second-order valence-corrected chi connectivity index (χ2v) is 6.99. The van der Waals surface area contributed by atoms with E-state index in [2.05, 4.69) is 10.2 Å². The zero-order valence-corrected chi connectivity index (χ0v) is 15.4. The van der Waals surface area contributed by atoms with E-state index in [0.717, 1.165) is 18.8 Å². The number of anilines is 3. The van der Waals surface area contributed by atoms with Gasteiger partial charge in [0.25, 0.3) is 0 Å². The van der Waals surface area contributed by atoms with Gasteiger partial charge in [-0.3, -0.25) is 9.59 Å². The van der Waals surface area contributed by atoms with Crippen molar-refractivity contribution >= 4 is 28.9 Å². The highest BCUT2D eigenvalue weighted by Crippen LogP contribution is 2.28. The number of benzene rings is 2. The van der Waals surface area contributed by atoms with Crippen molar-refractivity contribution in [2.45, 2.75) is 6.42 Å². The summed E-state index contributed by atoms with van der Waals surface area (Å²) in [6.07, 6.45) is 0.0754. The molecule has 0 aromatic heterocycles. The summed E-state index contributed by atoms with van der Waals surface area (Å²) in [6, 6.07) is 13.8. The van der Waals surface area contributed by atoms with Crippen molar-refractivity contribution in [3.8, 4) is 0 Å². The first-order chi connectivity index (χ1) is 13.6. The highest BCUT2D eigenvalue weighted by Gasteiger charge is 2.36. The molecule has 2 amide bonds. The van der Waals surface area contributed by atoms with Crippen molar-refractivity contribution < 1.29 is 18.7 Å². The maximum absolute atomic E-state index is 14.0. The number of morpholine rings is 1. The van der Waals surface area contributed by atoms with Crippen LogP contribution in [0.4, 0.5) is 21.5 Å². The number of hydrogen-bond acceptors (Lipinski definition) is 4. The summed E-state index contributed by atoms with van der Waals surface area (Å²) in [5, 5.41) is 2.87. The number of halogens is 1. The highest BCUT2D eigenvalue weighted by molar-refractivity contribution is 6.03. The second-order valence-electron chi connectivity index (χ2n) is 6.99. The van der Waals surface area contributed by atoms with Crippen molar-refractivity contribution in [1.82, 2.24) is 0 Å². The monoisotopic (exact) mass is 383 g/mol. The molecule has 1 atom stereocenters. The molecule has 6 nitrogen and oxygen atoms in total. The number of nitrogens with zero attached hydrogens (tertiary/aromatic N) is 2. The smallest absolute Gasteiger partial charge is 0.229 e. The van der Waals surface area contributed by atoms with E-state index in [1.807, 2.05) is 24.3 Å². The summed E-state index contributed by atoms with van der Waals surface area (Å²) in [7, 11) is 0. The Labute approximate surface area is 162 Å². The molecule has 28 heavy (non-hydrogen) atoms. The molecule has 2 aliphatic rings. The van der Waals surface area contributed by atoms with Gasteiger partial charge in [0.05, 0.1) is 24.8 Å². The van der Waals surface area contributed by atoms with Gasteiger partial charge in [-0.25, -0.2) is 4.39 Å². The van der Waals surface area contributed by atoms with Crippen LogP contribution in [-0.4, -0.2) is 44.7 Å². The Kier molecular flexibility index (Phi) is 5.25. The van der Waals surface area contributed by atoms with E-state index < -0.39 is 11.7 Å². The van der Waals surface area contributed by atoms with Gasteiger partial charge in [-0.15, -0.1) is 0 Å². The minimum absolute atomic E-state index is 0.0754. The summed E-state index contributed by atoms with van der Waals surface area (Å²) < 4.78 is 19.3. The van der Waals surface area contributed by atoms with Crippen molar-refractivity contribution in [3.05, 3.63) is 54.3 Å². The number of amides is 2. The fourth-order valence-electron chi connectivity index (χ4n) is 3.61. The third-order valence-corrected chi connectivity index (χ3v) is 5.15. The number of para-hydroxylation sites is 1. The number of carbonyl (C=O) groups is 2. The van der Waals surface area contributed by atoms with Crippen molar-refractivity contribution in [3.63, 3.8) is 0 Å². The lowest BCUT2D eigenvalue weighted by molar-refractivity contribution is -0.122. The van der Waals surface area contributed by atoms with E-state index >= 15 is 0 Å². The highest BCUT2D eigenvalue weighted by atomic mass is 19.1. The Morgan fingerprint density at radius 3 is 2.50 bits per heavy atom. The van der Waals surface area contributed by atoms with Crippen LogP contribution in [0, 0.1) is 11.7 Å². The van der Waals surface area contributed by atoms with Gasteiger partial charge >= 0.3 is 0 Å².